The number of cyclic esters (lactones) is 1. The Morgan fingerprint density at radius 3 is 2.16 bits per heavy atom. The summed E-state index contributed by atoms with van der Waals surface area (Å²) in [5.74, 6) is -1.09. The normalized spacial score (nSPS) is 28.5. The molecule has 2 aliphatic carbocycles. The third-order valence-electron chi connectivity index (χ3n) is 7.64. The summed E-state index contributed by atoms with van der Waals surface area (Å²) in [5.41, 5.74) is 1.12. The Morgan fingerprint density at radius 2 is 1.52 bits per heavy atom. The summed E-state index contributed by atoms with van der Waals surface area (Å²) in [4.78, 5) is 26.8. The summed E-state index contributed by atoms with van der Waals surface area (Å²) >= 11 is 0. The molecule has 0 aromatic heterocycles. The van der Waals surface area contributed by atoms with E-state index in [4.69, 9.17) is 9.47 Å². The zero-order valence-corrected chi connectivity index (χ0v) is 17.7. The molecule has 31 heavy (non-hydrogen) atoms. The van der Waals surface area contributed by atoms with Crippen molar-refractivity contribution in [1.29, 1.82) is 0 Å². The fourth-order valence-electron chi connectivity index (χ4n) is 6.31. The molecule has 7 rings (SSSR count). The smallest absolute Gasteiger partial charge is 0.318 e. The molecule has 158 valence electrons. The molecule has 4 heteroatoms. The van der Waals surface area contributed by atoms with Crippen molar-refractivity contribution in [1.82, 2.24) is 0 Å². The van der Waals surface area contributed by atoms with Crippen molar-refractivity contribution in [2.24, 2.45) is 5.92 Å². The Morgan fingerprint density at radius 1 is 0.871 bits per heavy atom. The molecule has 0 N–H and O–H groups in total. The number of rotatable bonds is 5. The first-order valence-corrected chi connectivity index (χ1v) is 11.5. The van der Waals surface area contributed by atoms with Gasteiger partial charge in [0.05, 0.1) is 0 Å². The van der Waals surface area contributed by atoms with Crippen LogP contribution in [0.1, 0.15) is 50.2 Å². The number of fused-ring (bicyclic) bond motifs is 1. The van der Waals surface area contributed by atoms with E-state index in [0.717, 1.165) is 47.6 Å². The zero-order valence-electron chi connectivity index (χ0n) is 17.7. The minimum atomic E-state index is -0.974. The molecule has 4 aliphatic rings. The molecule has 3 aromatic carbocycles. The average Bonchev–Trinajstić information content (AvgIpc) is 3.26. The van der Waals surface area contributed by atoms with E-state index >= 15 is 0 Å². The van der Waals surface area contributed by atoms with Gasteiger partial charge in [-0.1, -0.05) is 74.7 Å². The standard InChI is InChI=1S/C27H26O4/c1-2-3-4-5-14-21-24-23(25(28)30-21)27(26(29)31-24)15-20-16-10-6-8-12-18(16)22(27)19-13-9-7-11-17(19)20/h6-13,21,23-24H,2-5,14-15H2,1H3/t21-,23+,24+,27+/m1/s1. The molecule has 2 heterocycles. The fraction of sp³-hybridized carbons (Fsp3) is 0.407. The average molecular weight is 415 g/mol. The monoisotopic (exact) mass is 414 g/mol. The highest BCUT2D eigenvalue weighted by Gasteiger charge is 2.69. The van der Waals surface area contributed by atoms with Gasteiger partial charge >= 0.3 is 11.9 Å². The lowest BCUT2D eigenvalue weighted by Gasteiger charge is -2.38. The van der Waals surface area contributed by atoms with Gasteiger partial charge in [0, 0.05) is 0 Å². The number of ether oxygens (including phenoxy) is 2. The maximum absolute atomic E-state index is 13.6. The molecule has 4 atom stereocenters. The summed E-state index contributed by atoms with van der Waals surface area (Å²) in [7, 11) is 0. The van der Waals surface area contributed by atoms with Crippen LogP contribution in [0.5, 0.6) is 0 Å². The van der Waals surface area contributed by atoms with Crippen LogP contribution in [0.25, 0.3) is 21.5 Å². The first-order valence-electron chi connectivity index (χ1n) is 11.5. The Hall–Kier alpha value is -2.88. The first-order chi connectivity index (χ1) is 15.2. The maximum atomic E-state index is 13.6. The molecule has 1 spiro atoms. The quantitative estimate of drug-likeness (QED) is 0.326. The number of benzene rings is 3. The minimum Gasteiger partial charge on any atom is -0.458 e. The highest BCUT2D eigenvalue weighted by Crippen LogP contribution is 2.58. The van der Waals surface area contributed by atoms with E-state index in [1.54, 1.807) is 0 Å². The predicted octanol–water partition coefficient (Wildman–Crippen LogP) is 5.22. The van der Waals surface area contributed by atoms with Crippen LogP contribution in [0.4, 0.5) is 0 Å². The van der Waals surface area contributed by atoms with Crippen molar-refractivity contribution in [3.05, 3.63) is 59.7 Å². The molecule has 2 aliphatic heterocycles. The van der Waals surface area contributed by atoms with Crippen molar-refractivity contribution in [2.45, 2.75) is 63.1 Å². The van der Waals surface area contributed by atoms with Crippen LogP contribution >= 0.6 is 0 Å². The third kappa shape index (κ3) is 2.42. The second-order valence-electron chi connectivity index (χ2n) is 9.27. The largest absolute Gasteiger partial charge is 0.458 e. The van der Waals surface area contributed by atoms with Crippen molar-refractivity contribution in [3.8, 4) is 0 Å². The molecule has 2 bridgehead atoms. The molecule has 0 amide bonds. The summed E-state index contributed by atoms with van der Waals surface area (Å²) in [5, 5.41) is 4.44. The van der Waals surface area contributed by atoms with Crippen LogP contribution in [0.15, 0.2) is 48.5 Å². The van der Waals surface area contributed by atoms with Gasteiger partial charge in [-0.15, -0.1) is 0 Å². The molecule has 4 nitrogen and oxygen atoms in total. The minimum absolute atomic E-state index is 0.255. The van der Waals surface area contributed by atoms with Gasteiger partial charge in [-0.05, 0) is 51.9 Å². The third-order valence-corrected chi connectivity index (χ3v) is 7.64. The van der Waals surface area contributed by atoms with E-state index in [2.05, 4.69) is 31.2 Å². The number of hydrogen-bond donors (Lipinski definition) is 0. The summed E-state index contributed by atoms with van der Waals surface area (Å²) in [6.07, 6.45) is 4.88. The lowest BCUT2D eigenvalue weighted by Crippen LogP contribution is -2.46. The van der Waals surface area contributed by atoms with E-state index in [1.165, 1.54) is 17.2 Å². The molecule has 3 aromatic rings. The zero-order chi connectivity index (χ0) is 21.2. The molecule has 0 saturated carbocycles. The molecule has 2 fully saturated rings. The van der Waals surface area contributed by atoms with Gasteiger partial charge in [0.2, 0.25) is 0 Å². The highest BCUT2D eigenvalue weighted by molar-refractivity contribution is 6.14. The second-order valence-corrected chi connectivity index (χ2v) is 9.27. The fourth-order valence-corrected chi connectivity index (χ4v) is 6.31. The van der Waals surface area contributed by atoms with Crippen molar-refractivity contribution >= 4 is 33.5 Å². The summed E-state index contributed by atoms with van der Waals surface area (Å²) < 4.78 is 11.8. The van der Waals surface area contributed by atoms with Crippen LogP contribution in [0, 0.1) is 5.92 Å². The van der Waals surface area contributed by atoms with Gasteiger partial charge in [0.15, 0.2) is 6.10 Å². The van der Waals surface area contributed by atoms with Crippen LogP contribution < -0.4 is 0 Å². The molecular formula is C27H26O4. The second kappa shape index (κ2) is 6.81. The Kier molecular flexibility index (Phi) is 4.14. The molecule has 0 radical (unpaired) electrons. The Balaban J connectivity index is 1.50. The number of hydrogen-bond acceptors (Lipinski definition) is 4. The highest BCUT2D eigenvalue weighted by atomic mass is 16.6. The number of unbranched alkanes of at least 4 members (excludes halogenated alkanes) is 3. The van der Waals surface area contributed by atoms with Crippen LogP contribution in [-0.2, 0) is 30.9 Å². The summed E-state index contributed by atoms with van der Waals surface area (Å²) in [6.45, 7) is 2.18. The topological polar surface area (TPSA) is 52.6 Å². The molecular weight excluding hydrogens is 388 g/mol. The summed E-state index contributed by atoms with van der Waals surface area (Å²) in [6, 6.07) is 16.5. The lowest BCUT2D eigenvalue weighted by molar-refractivity contribution is -0.157. The molecule has 2 saturated heterocycles. The van der Waals surface area contributed by atoms with Crippen LogP contribution in [0.3, 0.4) is 0 Å². The van der Waals surface area contributed by atoms with Gasteiger partial charge in [-0.3, -0.25) is 9.59 Å². The SMILES string of the molecule is CCCCCC[C@H]1OC(=O)[C@@H]2[C@H]1OC(=O)[C@]21Cc2c3ccccc3c1c1ccccc21. The first kappa shape index (κ1) is 18.9. The predicted molar refractivity (Wildman–Crippen MR) is 119 cm³/mol. The van der Waals surface area contributed by atoms with E-state index in [-0.39, 0.29) is 18.0 Å². The van der Waals surface area contributed by atoms with Gasteiger partial charge < -0.3 is 9.47 Å². The van der Waals surface area contributed by atoms with Gasteiger partial charge in [-0.2, -0.15) is 0 Å². The van der Waals surface area contributed by atoms with Crippen molar-refractivity contribution in [2.75, 3.05) is 0 Å². The van der Waals surface area contributed by atoms with E-state index in [9.17, 15) is 9.59 Å². The van der Waals surface area contributed by atoms with E-state index in [1.807, 2.05) is 24.3 Å². The number of carbonyl (C=O) groups is 2. The van der Waals surface area contributed by atoms with E-state index in [0.29, 0.717) is 6.42 Å². The van der Waals surface area contributed by atoms with Crippen molar-refractivity contribution < 1.29 is 19.1 Å². The Labute approximate surface area is 181 Å². The number of carbonyl (C=O) groups excluding carboxylic acids is 2. The lowest BCUT2D eigenvalue weighted by atomic mass is 9.59. The maximum Gasteiger partial charge on any atom is 0.318 e. The molecule has 0 unspecified atom stereocenters. The number of esters is 2. The van der Waals surface area contributed by atoms with Gasteiger partial charge in [0.25, 0.3) is 0 Å². The van der Waals surface area contributed by atoms with Gasteiger partial charge in [-0.25, -0.2) is 0 Å². The van der Waals surface area contributed by atoms with Gasteiger partial charge in [0.1, 0.15) is 17.4 Å². The Bertz CT molecular complexity index is 1170. The van der Waals surface area contributed by atoms with Crippen LogP contribution in [-0.4, -0.2) is 24.1 Å². The van der Waals surface area contributed by atoms with Crippen LogP contribution in [0.2, 0.25) is 0 Å². The van der Waals surface area contributed by atoms with Crippen molar-refractivity contribution in [3.63, 3.8) is 0 Å². The van der Waals surface area contributed by atoms with E-state index < -0.39 is 17.4 Å².